The maximum atomic E-state index is 11.9. The maximum absolute atomic E-state index is 11.9. The van der Waals surface area contributed by atoms with Gasteiger partial charge in [0.15, 0.2) is 0 Å². The molecule has 1 unspecified atom stereocenters. The number of aliphatic carboxylic acids is 1. The molecule has 0 spiro atoms. The Labute approximate surface area is 127 Å². The number of carbonyl (C=O) groups is 2. The number of imidazole rings is 1. The molecule has 0 bridgehead atoms. The van der Waals surface area contributed by atoms with E-state index in [-0.39, 0.29) is 11.2 Å². The Bertz CT molecular complexity index is 486. The molecular formula is C13H20N4O3S. The van der Waals surface area contributed by atoms with Gasteiger partial charge in [-0.2, -0.15) is 11.8 Å². The van der Waals surface area contributed by atoms with E-state index in [2.05, 4.69) is 27.5 Å². The number of carboxylic acids is 1. The van der Waals surface area contributed by atoms with Crippen LogP contribution in [0.25, 0.3) is 0 Å². The van der Waals surface area contributed by atoms with Crippen molar-refractivity contribution in [2.24, 2.45) is 0 Å². The molecule has 2 heterocycles. The Hall–Kier alpha value is -1.70. The predicted molar refractivity (Wildman–Crippen MR) is 80.3 cm³/mol. The molecule has 4 N–H and O–H groups in total. The number of hydrogen-bond donors (Lipinski definition) is 4. The summed E-state index contributed by atoms with van der Waals surface area (Å²) < 4.78 is 0.0550. The summed E-state index contributed by atoms with van der Waals surface area (Å²) >= 11 is 1.84. The van der Waals surface area contributed by atoms with E-state index < -0.39 is 18.0 Å². The van der Waals surface area contributed by atoms with Crippen molar-refractivity contribution < 1.29 is 14.7 Å². The van der Waals surface area contributed by atoms with Crippen molar-refractivity contribution in [1.82, 2.24) is 20.6 Å². The Morgan fingerprint density at radius 2 is 2.43 bits per heavy atom. The second kappa shape index (κ2) is 6.84. The van der Waals surface area contributed by atoms with Crippen LogP contribution in [-0.4, -0.2) is 50.2 Å². The lowest BCUT2D eigenvalue weighted by molar-refractivity contribution is -0.139. The van der Waals surface area contributed by atoms with Gasteiger partial charge in [-0.05, 0) is 25.5 Å². The molecule has 1 aliphatic heterocycles. The molecule has 1 aromatic heterocycles. The molecular weight excluding hydrogens is 292 g/mol. The van der Waals surface area contributed by atoms with Crippen LogP contribution in [0.15, 0.2) is 12.5 Å². The summed E-state index contributed by atoms with van der Waals surface area (Å²) in [6.07, 6.45) is 5.42. The number of aromatic nitrogens is 2. The third-order valence-corrected chi connectivity index (χ3v) is 5.04. The molecule has 1 saturated heterocycles. The van der Waals surface area contributed by atoms with Gasteiger partial charge in [0, 0.05) is 29.6 Å². The van der Waals surface area contributed by atoms with Crippen LogP contribution in [0.2, 0.25) is 0 Å². The number of carbonyl (C=O) groups excluding carboxylic acids is 1. The molecule has 8 heteroatoms. The van der Waals surface area contributed by atoms with E-state index in [1.165, 1.54) is 6.33 Å². The predicted octanol–water partition coefficient (Wildman–Crippen LogP) is 0.990. The van der Waals surface area contributed by atoms with Gasteiger partial charge < -0.3 is 20.7 Å². The summed E-state index contributed by atoms with van der Waals surface area (Å²) in [4.78, 5) is 29.7. The zero-order chi connectivity index (χ0) is 15.3. The van der Waals surface area contributed by atoms with Gasteiger partial charge in [0.05, 0.1) is 6.33 Å². The zero-order valence-corrected chi connectivity index (χ0v) is 12.7. The summed E-state index contributed by atoms with van der Waals surface area (Å²) in [5, 5.41) is 14.4. The third-order valence-electron chi connectivity index (χ3n) is 3.51. The average Bonchev–Trinajstić information content (AvgIpc) is 3.08. The first kappa shape index (κ1) is 15.7. The lowest BCUT2D eigenvalue weighted by atomic mass is 10.1. The first-order chi connectivity index (χ1) is 9.98. The average molecular weight is 312 g/mol. The number of amides is 2. The molecule has 2 amide bonds. The quantitative estimate of drug-likeness (QED) is 0.626. The first-order valence-corrected chi connectivity index (χ1v) is 7.85. The van der Waals surface area contributed by atoms with Crippen LogP contribution in [0.3, 0.4) is 0 Å². The van der Waals surface area contributed by atoms with Gasteiger partial charge in [0.2, 0.25) is 0 Å². The minimum Gasteiger partial charge on any atom is -0.480 e. The largest absolute Gasteiger partial charge is 0.480 e. The Morgan fingerprint density at radius 3 is 3.00 bits per heavy atom. The maximum Gasteiger partial charge on any atom is 0.326 e. The molecule has 2 atom stereocenters. The number of rotatable bonds is 6. The van der Waals surface area contributed by atoms with Crippen LogP contribution in [0, 0.1) is 0 Å². The van der Waals surface area contributed by atoms with Crippen LogP contribution in [0.5, 0.6) is 0 Å². The van der Waals surface area contributed by atoms with E-state index in [1.807, 2.05) is 11.8 Å². The van der Waals surface area contributed by atoms with Crippen molar-refractivity contribution in [3.63, 3.8) is 0 Å². The molecule has 7 nitrogen and oxygen atoms in total. The minimum absolute atomic E-state index is 0.0550. The number of hydrogen-bond acceptors (Lipinski definition) is 4. The highest BCUT2D eigenvalue weighted by Crippen LogP contribution is 2.36. The Balaban J connectivity index is 1.82. The number of nitrogens with zero attached hydrogens (tertiary/aromatic N) is 1. The second-order valence-electron chi connectivity index (χ2n) is 5.40. The minimum atomic E-state index is -1.07. The van der Waals surface area contributed by atoms with E-state index in [0.29, 0.717) is 12.2 Å². The molecule has 0 aliphatic carbocycles. The van der Waals surface area contributed by atoms with Crippen molar-refractivity contribution in [3.05, 3.63) is 18.2 Å². The topological polar surface area (TPSA) is 107 Å². The molecule has 116 valence electrons. The van der Waals surface area contributed by atoms with Crippen molar-refractivity contribution >= 4 is 23.8 Å². The fourth-order valence-electron chi connectivity index (χ4n) is 2.27. The number of nitrogens with one attached hydrogen (secondary N) is 3. The highest BCUT2D eigenvalue weighted by molar-refractivity contribution is 8.00. The highest BCUT2D eigenvalue weighted by atomic mass is 32.2. The third kappa shape index (κ3) is 4.66. The smallest absolute Gasteiger partial charge is 0.326 e. The van der Waals surface area contributed by atoms with E-state index in [4.69, 9.17) is 0 Å². The lowest BCUT2D eigenvalue weighted by Crippen LogP contribution is -2.49. The number of carboxylic acid groups (broad SMARTS) is 1. The monoisotopic (exact) mass is 312 g/mol. The van der Waals surface area contributed by atoms with Gasteiger partial charge in [-0.1, -0.05) is 0 Å². The van der Waals surface area contributed by atoms with Crippen molar-refractivity contribution in [1.29, 1.82) is 0 Å². The van der Waals surface area contributed by atoms with E-state index in [0.717, 1.165) is 18.6 Å². The number of thioether (sulfide) groups is 1. The van der Waals surface area contributed by atoms with Crippen LogP contribution in [-0.2, 0) is 11.2 Å². The van der Waals surface area contributed by atoms with E-state index >= 15 is 0 Å². The fraction of sp³-hybridized carbons (Fsp3) is 0.615. The fourth-order valence-corrected chi connectivity index (χ4v) is 3.51. The zero-order valence-electron chi connectivity index (χ0n) is 11.9. The van der Waals surface area contributed by atoms with Gasteiger partial charge in [-0.25, -0.2) is 14.6 Å². The van der Waals surface area contributed by atoms with Crippen LogP contribution >= 0.6 is 11.8 Å². The van der Waals surface area contributed by atoms with Crippen molar-refractivity contribution in [2.75, 3.05) is 12.3 Å². The molecule has 1 aromatic rings. The molecule has 0 radical (unpaired) electrons. The summed E-state index contributed by atoms with van der Waals surface area (Å²) in [7, 11) is 0. The summed E-state index contributed by atoms with van der Waals surface area (Å²) in [6, 6.07) is -1.43. The first-order valence-electron chi connectivity index (χ1n) is 6.87. The lowest BCUT2D eigenvalue weighted by Gasteiger charge is -2.23. The van der Waals surface area contributed by atoms with Crippen molar-refractivity contribution in [2.45, 2.75) is 37.0 Å². The number of urea groups is 1. The van der Waals surface area contributed by atoms with Crippen molar-refractivity contribution in [3.8, 4) is 0 Å². The van der Waals surface area contributed by atoms with Gasteiger partial charge in [0.25, 0.3) is 0 Å². The highest BCUT2D eigenvalue weighted by Gasteiger charge is 2.30. The number of H-pyrrole nitrogens is 1. The van der Waals surface area contributed by atoms with Gasteiger partial charge in [0.1, 0.15) is 6.04 Å². The molecule has 21 heavy (non-hydrogen) atoms. The van der Waals surface area contributed by atoms with E-state index in [1.54, 1.807) is 6.20 Å². The van der Waals surface area contributed by atoms with E-state index in [9.17, 15) is 14.7 Å². The summed E-state index contributed by atoms with van der Waals surface area (Å²) in [5.74, 6) is 0.0402. The molecule has 0 saturated carbocycles. The van der Waals surface area contributed by atoms with Gasteiger partial charge >= 0.3 is 12.0 Å². The van der Waals surface area contributed by atoms with Gasteiger partial charge in [-0.15, -0.1) is 0 Å². The Kier molecular flexibility index (Phi) is 5.11. The molecule has 1 aliphatic rings. The van der Waals surface area contributed by atoms with Crippen LogP contribution < -0.4 is 10.6 Å². The van der Waals surface area contributed by atoms with Crippen LogP contribution in [0.1, 0.15) is 25.5 Å². The summed E-state index contributed by atoms with van der Waals surface area (Å²) in [6.45, 7) is 2.66. The Morgan fingerprint density at radius 1 is 1.62 bits per heavy atom. The normalized spacial score (nSPS) is 22.7. The molecule has 1 fully saturated rings. The SMILES string of the molecule is CC1(CNC(=O)N[C@@H](Cc2cnc[nH]2)C(=O)O)CCCS1. The second-order valence-corrected chi connectivity index (χ2v) is 7.08. The molecule has 2 rings (SSSR count). The standard InChI is InChI=1S/C13H20N4O3S/c1-13(3-2-4-21-13)7-15-12(20)17-10(11(18)19)5-9-6-14-8-16-9/h6,8,10H,2-5,7H2,1H3,(H,14,16)(H,18,19)(H2,15,17,20)/t10-,13?/m0/s1. The molecule has 0 aromatic carbocycles. The van der Waals surface area contributed by atoms with Crippen LogP contribution in [0.4, 0.5) is 4.79 Å². The summed E-state index contributed by atoms with van der Waals surface area (Å²) in [5.41, 5.74) is 0.668. The number of aromatic amines is 1. The van der Waals surface area contributed by atoms with Gasteiger partial charge in [-0.3, -0.25) is 0 Å².